The van der Waals surface area contributed by atoms with E-state index < -0.39 is 16.9 Å². The second kappa shape index (κ2) is 5.78. The first kappa shape index (κ1) is 14.8. The van der Waals surface area contributed by atoms with Crippen LogP contribution < -0.4 is 5.32 Å². The van der Waals surface area contributed by atoms with Crippen LogP contribution in [0.2, 0.25) is 0 Å². The molecule has 2 rings (SSSR count). The highest BCUT2D eigenvalue weighted by atomic mass is 16.6. The minimum absolute atomic E-state index is 0.0422. The van der Waals surface area contributed by atoms with Crippen molar-refractivity contribution in [1.82, 2.24) is 4.90 Å². The Morgan fingerprint density at radius 3 is 2.62 bits per heavy atom. The first-order valence-corrected chi connectivity index (χ1v) is 6.43. The third-order valence-corrected chi connectivity index (χ3v) is 3.22. The number of carboxylic acids is 1. The van der Waals surface area contributed by atoms with Gasteiger partial charge in [0, 0.05) is 23.9 Å². The average molecular weight is 293 g/mol. The molecular weight excluding hydrogens is 278 g/mol. The van der Waals surface area contributed by atoms with Crippen LogP contribution in [-0.4, -0.2) is 39.5 Å². The van der Waals surface area contributed by atoms with Gasteiger partial charge in [-0.25, -0.2) is 4.79 Å². The maximum absolute atomic E-state index is 12.1. The lowest BCUT2D eigenvalue weighted by molar-refractivity contribution is -0.384. The zero-order valence-corrected chi connectivity index (χ0v) is 11.4. The zero-order valence-electron chi connectivity index (χ0n) is 11.4. The molecule has 1 aromatic rings. The van der Waals surface area contributed by atoms with E-state index in [1.54, 1.807) is 6.92 Å². The lowest BCUT2D eigenvalue weighted by Gasteiger charge is -2.21. The van der Waals surface area contributed by atoms with Crippen molar-refractivity contribution in [3.63, 3.8) is 0 Å². The van der Waals surface area contributed by atoms with Gasteiger partial charge in [-0.3, -0.25) is 14.9 Å². The second-order valence-corrected chi connectivity index (χ2v) is 4.94. The Labute approximate surface area is 120 Å². The number of nitrogens with zero attached hydrogens (tertiary/aromatic N) is 2. The van der Waals surface area contributed by atoms with Crippen molar-refractivity contribution in [3.8, 4) is 0 Å². The molecule has 112 valence electrons. The van der Waals surface area contributed by atoms with Crippen molar-refractivity contribution >= 4 is 23.4 Å². The molecule has 0 aliphatic heterocycles. The minimum atomic E-state index is -1.07. The maximum Gasteiger partial charge on any atom is 0.323 e. The molecule has 2 N–H and O–H groups in total. The standard InChI is InChI=1S/C13H15N3O5/c1-8-6-10(16(20)21)4-5-11(8)14-13(19)15(7-12(17)18)9-2-3-9/h4-6,9H,2-3,7H2,1H3,(H,14,19)(H,17,18). The number of anilines is 1. The summed E-state index contributed by atoms with van der Waals surface area (Å²) in [6.07, 6.45) is 1.58. The topological polar surface area (TPSA) is 113 Å². The molecule has 0 radical (unpaired) electrons. The summed E-state index contributed by atoms with van der Waals surface area (Å²) in [5, 5.41) is 22.1. The number of rotatable bonds is 5. The number of nitrogens with one attached hydrogen (secondary N) is 1. The van der Waals surface area contributed by atoms with Crippen molar-refractivity contribution in [2.75, 3.05) is 11.9 Å². The normalized spacial score (nSPS) is 13.6. The third kappa shape index (κ3) is 3.68. The number of aliphatic carboxylic acids is 1. The van der Waals surface area contributed by atoms with Crippen molar-refractivity contribution in [2.24, 2.45) is 0 Å². The molecule has 0 atom stereocenters. The van der Waals surface area contributed by atoms with Crippen LogP contribution >= 0.6 is 0 Å². The molecule has 0 saturated heterocycles. The van der Waals surface area contributed by atoms with Crippen LogP contribution in [0.4, 0.5) is 16.2 Å². The fourth-order valence-corrected chi connectivity index (χ4v) is 1.99. The van der Waals surface area contributed by atoms with Crippen LogP contribution in [0.15, 0.2) is 18.2 Å². The summed E-state index contributed by atoms with van der Waals surface area (Å²) in [6, 6.07) is 3.54. The fraction of sp³-hybridized carbons (Fsp3) is 0.385. The molecular formula is C13H15N3O5. The summed E-state index contributed by atoms with van der Waals surface area (Å²) in [5.74, 6) is -1.07. The van der Waals surface area contributed by atoms with Gasteiger partial charge in [0.1, 0.15) is 6.54 Å². The van der Waals surface area contributed by atoms with Gasteiger partial charge in [0.25, 0.3) is 5.69 Å². The van der Waals surface area contributed by atoms with E-state index in [0.29, 0.717) is 11.3 Å². The molecule has 1 saturated carbocycles. The third-order valence-electron chi connectivity index (χ3n) is 3.22. The summed E-state index contributed by atoms with van der Waals surface area (Å²) in [7, 11) is 0. The van der Waals surface area contributed by atoms with Crippen molar-refractivity contribution in [2.45, 2.75) is 25.8 Å². The molecule has 0 spiro atoms. The predicted octanol–water partition coefficient (Wildman–Crippen LogP) is 1.98. The van der Waals surface area contributed by atoms with Crippen molar-refractivity contribution < 1.29 is 19.6 Å². The number of hydrogen-bond donors (Lipinski definition) is 2. The molecule has 0 bridgehead atoms. The Bertz CT molecular complexity index is 597. The largest absolute Gasteiger partial charge is 0.480 e. The molecule has 0 aromatic heterocycles. The molecule has 1 fully saturated rings. The highest BCUT2D eigenvalue weighted by molar-refractivity contribution is 5.92. The zero-order chi connectivity index (χ0) is 15.6. The summed E-state index contributed by atoms with van der Waals surface area (Å²) in [6.45, 7) is 1.28. The number of hydrogen-bond acceptors (Lipinski definition) is 4. The van der Waals surface area contributed by atoms with Gasteiger partial charge in [0.15, 0.2) is 0 Å². The average Bonchev–Trinajstić information content (AvgIpc) is 3.22. The van der Waals surface area contributed by atoms with Gasteiger partial charge in [-0.05, 0) is 31.4 Å². The highest BCUT2D eigenvalue weighted by Gasteiger charge is 2.34. The van der Waals surface area contributed by atoms with Gasteiger partial charge in [0.2, 0.25) is 0 Å². The van der Waals surface area contributed by atoms with Gasteiger partial charge in [0.05, 0.1) is 4.92 Å². The highest BCUT2D eigenvalue weighted by Crippen LogP contribution is 2.28. The van der Waals surface area contributed by atoms with E-state index in [1.807, 2.05) is 0 Å². The number of amides is 2. The smallest absolute Gasteiger partial charge is 0.323 e. The van der Waals surface area contributed by atoms with Gasteiger partial charge in [-0.2, -0.15) is 0 Å². The van der Waals surface area contributed by atoms with E-state index in [2.05, 4.69) is 5.32 Å². The van der Waals surface area contributed by atoms with Gasteiger partial charge >= 0.3 is 12.0 Å². The molecule has 1 aliphatic rings. The van der Waals surface area contributed by atoms with Crippen molar-refractivity contribution in [3.05, 3.63) is 33.9 Å². The number of urea groups is 1. The molecule has 1 aliphatic carbocycles. The van der Waals surface area contributed by atoms with E-state index in [1.165, 1.54) is 23.1 Å². The monoisotopic (exact) mass is 293 g/mol. The van der Waals surface area contributed by atoms with Crippen LogP contribution in [-0.2, 0) is 4.79 Å². The van der Waals surface area contributed by atoms with Crippen LogP contribution in [0.5, 0.6) is 0 Å². The van der Waals surface area contributed by atoms with Crippen molar-refractivity contribution in [1.29, 1.82) is 0 Å². The molecule has 0 unspecified atom stereocenters. The molecule has 21 heavy (non-hydrogen) atoms. The first-order chi connectivity index (χ1) is 9.88. The lowest BCUT2D eigenvalue weighted by atomic mass is 10.2. The lowest BCUT2D eigenvalue weighted by Crippen LogP contribution is -2.40. The van der Waals surface area contributed by atoms with Crippen LogP contribution in [0.3, 0.4) is 0 Å². The summed E-state index contributed by atoms with van der Waals surface area (Å²) < 4.78 is 0. The van der Waals surface area contributed by atoms with E-state index in [9.17, 15) is 19.7 Å². The quantitative estimate of drug-likeness (QED) is 0.636. The number of aryl methyl sites for hydroxylation is 1. The molecule has 8 nitrogen and oxygen atoms in total. The predicted molar refractivity (Wildman–Crippen MR) is 74.2 cm³/mol. The summed E-state index contributed by atoms with van der Waals surface area (Å²) >= 11 is 0. The fourth-order valence-electron chi connectivity index (χ4n) is 1.99. The van der Waals surface area contributed by atoms with E-state index in [-0.39, 0.29) is 18.3 Å². The van der Waals surface area contributed by atoms with Gasteiger partial charge in [-0.1, -0.05) is 0 Å². The Balaban J connectivity index is 2.11. The number of benzene rings is 1. The summed E-state index contributed by atoms with van der Waals surface area (Å²) in [4.78, 5) is 34.3. The van der Waals surface area contributed by atoms with Gasteiger partial charge < -0.3 is 15.3 Å². The Morgan fingerprint density at radius 1 is 1.48 bits per heavy atom. The minimum Gasteiger partial charge on any atom is -0.480 e. The first-order valence-electron chi connectivity index (χ1n) is 6.43. The van der Waals surface area contributed by atoms with E-state index in [4.69, 9.17) is 5.11 Å². The second-order valence-electron chi connectivity index (χ2n) is 4.94. The number of carboxylic acid groups (broad SMARTS) is 1. The number of nitro groups is 1. The Hall–Kier alpha value is -2.64. The number of carbonyl (C=O) groups excluding carboxylic acids is 1. The SMILES string of the molecule is Cc1cc([N+](=O)[O-])ccc1NC(=O)N(CC(=O)O)C1CC1. The molecule has 8 heteroatoms. The number of nitro benzene ring substituents is 1. The van der Waals surface area contributed by atoms with Crippen LogP contribution in [0.25, 0.3) is 0 Å². The number of carbonyl (C=O) groups is 2. The van der Waals surface area contributed by atoms with Gasteiger partial charge in [-0.15, -0.1) is 0 Å². The molecule has 0 heterocycles. The summed E-state index contributed by atoms with van der Waals surface area (Å²) in [5.41, 5.74) is 0.917. The maximum atomic E-state index is 12.1. The Kier molecular flexibility index (Phi) is 4.06. The van der Waals surface area contributed by atoms with Crippen LogP contribution in [0, 0.1) is 17.0 Å². The molecule has 2 amide bonds. The van der Waals surface area contributed by atoms with E-state index in [0.717, 1.165) is 12.8 Å². The van der Waals surface area contributed by atoms with Crippen LogP contribution in [0.1, 0.15) is 18.4 Å². The Morgan fingerprint density at radius 2 is 2.14 bits per heavy atom. The molecule has 1 aromatic carbocycles. The number of non-ortho nitro benzene ring substituents is 1. The van der Waals surface area contributed by atoms with E-state index >= 15 is 0 Å².